The minimum atomic E-state index is -1.19. The fraction of sp³-hybridized carbons (Fsp3) is 0.491. The van der Waals surface area contributed by atoms with Crippen LogP contribution in [0.15, 0.2) is 102 Å². The van der Waals surface area contributed by atoms with Gasteiger partial charge >= 0.3 is 12.1 Å². The van der Waals surface area contributed by atoms with E-state index in [4.69, 9.17) is 29.3 Å². The highest BCUT2D eigenvalue weighted by molar-refractivity contribution is 6.01. The maximum Gasteiger partial charge on any atom is 0.533 e. The van der Waals surface area contributed by atoms with Crippen LogP contribution in [0, 0.1) is 11.8 Å². The lowest BCUT2D eigenvalue weighted by molar-refractivity contribution is -0.177. The van der Waals surface area contributed by atoms with E-state index in [9.17, 15) is 49.8 Å². The summed E-state index contributed by atoms with van der Waals surface area (Å²) in [6.45, 7) is 5.12. The molecule has 4 aromatic carbocycles. The molecule has 0 aromatic heterocycles. The number of aliphatic hydroxyl groups is 6. The molecule has 3 fully saturated rings. The van der Waals surface area contributed by atoms with Crippen LogP contribution in [-0.2, 0) is 38.2 Å². The molecule has 10 atom stereocenters. The van der Waals surface area contributed by atoms with Gasteiger partial charge in [0.15, 0.2) is 0 Å². The van der Waals surface area contributed by atoms with Gasteiger partial charge in [0.1, 0.15) is 37.6 Å². The Morgan fingerprint density at radius 3 is 1.41 bits per heavy atom. The molecule has 20 nitrogen and oxygen atoms in total. The number of fused-ring (bicyclic) bond motifs is 6. The van der Waals surface area contributed by atoms with Crippen LogP contribution in [0.2, 0.25) is 0 Å². The van der Waals surface area contributed by atoms with E-state index in [1.54, 1.807) is 6.92 Å². The number of nitrogens with zero attached hydrogens (tertiary/aromatic N) is 4. The Bertz CT molecular complexity index is 2510. The molecule has 9 rings (SSSR count). The summed E-state index contributed by atoms with van der Waals surface area (Å²) in [5.41, 5.74) is 17.3. The van der Waals surface area contributed by atoms with Crippen molar-refractivity contribution in [3.05, 3.63) is 130 Å². The molecule has 5 aliphatic rings. The van der Waals surface area contributed by atoms with E-state index in [0.717, 1.165) is 22.3 Å². The number of rotatable bonds is 16. The van der Waals surface area contributed by atoms with Gasteiger partial charge in [-0.3, -0.25) is 19.2 Å². The lowest BCUT2D eigenvalue weighted by atomic mass is 9.82. The van der Waals surface area contributed by atoms with E-state index in [1.807, 2.05) is 79.7 Å². The standard InChI is InChI=1S/C26H32O6.C19H15NO5.C10H19N3O4.H2O/c1-16-14-22(25(29)26(30)24(16)28)31-13-7-6-12-23(27)32-15-21-19-10-4-2-8-17(19)18-9-3-5-11-20(18)21;21-17-9-10-18(22)20(17)25-19(23)24-11-16-14-7-3-1-5-12(14)13-6-2-4-8-15(13)16;1-6-5-7(9(15)10(16)8(6)14)17-4-2-3-12-13-11;/h2-5,8-11,16,21-22,24-26,28-30H,6-7,12-15H2,1H3;1-8,16H,9-11H2;6-10,14-16H,2-5H2,1H3;1H2/t16?,22-,24-,25?,26+;;6?,7-,8-,9?,10+;/m1.1./s1. The number of imide groups is 1. The highest BCUT2D eigenvalue weighted by atomic mass is 16.8. The second kappa shape index (κ2) is 27.5. The SMILES string of the molecule is CC1C[C@@H](OCCCCC(=O)OCC2c3ccccc3-c3ccccc32)C(O)[C@@H](O)[C@@H]1O.CC1C[C@@H](OCCCN=[N+]=[N-])C(O)[C@@H](O)[C@@H]1O.O.O=C(OCC1c2ccccc2-c2ccccc21)ON1C(=O)CCC1=O. The van der Waals surface area contributed by atoms with E-state index in [2.05, 4.69) is 34.3 Å². The number of hydrogen-bond donors (Lipinski definition) is 6. The summed E-state index contributed by atoms with van der Waals surface area (Å²) in [5.74, 6) is -1.58. The van der Waals surface area contributed by atoms with E-state index in [-0.39, 0.29) is 54.6 Å². The molecule has 1 aliphatic heterocycles. The van der Waals surface area contributed by atoms with Crippen LogP contribution in [0.4, 0.5) is 4.79 Å². The predicted molar refractivity (Wildman–Crippen MR) is 271 cm³/mol. The molecule has 1 saturated heterocycles. The number of hydrogen-bond acceptors (Lipinski definition) is 16. The Morgan fingerprint density at radius 2 is 0.987 bits per heavy atom. The average Bonchev–Trinajstić information content (AvgIpc) is 4.04. The number of amides is 2. The second-order valence-electron chi connectivity index (χ2n) is 19.3. The summed E-state index contributed by atoms with van der Waals surface area (Å²) in [6, 6.07) is 32.4. The van der Waals surface area contributed by atoms with Crippen LogP contribution in [0.5, 0.6) is 0 Å². The monoisotopic (exact) mass is 1040 g/mol. The number of benzene rings is 4. The number of unbranched alkanes of at least 4 members (excludes halogenated alkanes) is 1. The summed E-state index contributed by atoms with van der Waals surface area (Å²) in [5, 5.41) is 62.5. The number of hydroxylamine groups is 2. The van der Waals surface area contributed by atoms with Crippen molar-refractivity contribution in [2.24, 2.45) is 17.0 Å². The van der Waals surface area contributed by atoms with Crippen LogP contribution in [-0.4, -0.2) is 147 Å². The minimum absolute atomic E-state index is 0. The quantitative estimate of drug-likeness (QED) is 0.0204. The molecular formula is C55H68N4O16. The second-order valence-corrected chi connectivity index (χ2v) is 19.3. The molecule has 4 aromatic rings. The molecule has 2 saturated carbocycles. The number of esters is 1. The summed E-state index contributed by atoms with van der Waals surface area (Å²) in [6.07, 6.45) is -5.14. The Kier molecular flexibility index (Phi) is 21.2. The van der Waals surface area contributed by atoms with Crippen molar-refractivity contribution >= 4 is 23.9 Å². The molecule has 0 radical (unpaired) electrons. The maximum atomic E-state index is 12.3. The zero-order chi connectivity index (χ0) is 52.9. The number of ether oxygens (including phenoxy) is 4. The number of carbonyl (C=O) groups excluding carboxylic acids is 4. The van der Waals surface area contributed by atoms with Gasteiger partial charge in [0.25, 0.3) is 11.8 Å². The van der Waals surface area contributed by atoms with Gasteiger partial charge in [0.05, 0.1) is 24.4 Å². The molecule has 20 heteroatoms. The molecule has 1 heterocycles. The highest BCUT2D eigenvalue weighted by Crippen LogP contribution is 2.46. The molecule has 404 valence electrons. The highest BCUT2D eigenvalue weighted by Gasteiger charge is 2.42. The first-order chi connectivity index (χ1) is 35.7. The van der Waals surface area contributed by atoms with Crippen LogP contribution in [0.1, 0.15) is 99.3 Å². The third-order valence-corrected chi connectivity index (χ3v) is 14.3. The van der Waals surface area contributed by atoms with Gasteiger partial charge in [-0.1, -0.05) is 121 Å². The van der Waals surface area contributed by atoms with Gasteiger partial charge in [0, 0.05) is 55.8 Å². The molecular weight excluding hydrogens is 973 g/mol. The van der Waals surface area contributed by atoms with Gasteiger partial charge in [-0.05, 0) is 94.0 Å². The van der Waals surface area contributed by atoms with Gasteiger partial charge in [0.2, 0.25) is 0 Å². The summed E-state index contributed by atoms with van der Waals surface area (Å²) in [4.78, 5) is 54.5. The minimum Gasteiger partial charge on any atom is -0.465 e. The van der Waals surface area contributed by atoms with E-state index >= 15 is 0 Å². The fourth-order valence-corrected chi connectivity index (χ4v) is 10.2. The smallest absolute Gasteiger partial charge is 0.465 e. The third-order valence-electron chi connectivity index (χ3n) is 14.3. The third kappa shape index (κ3) is 14.2. The Balaban J connectivity index is 0.000000191. The number of aliphatic hydroxyl groups excluding tert-OH is 6. The van der Waals surface area contributed by atoms with E-state index in [0.29, 0.717) is 70.0 Å². The molecule has 4 aliphatic carbocycles. The largest absolute Gasteiger partial charge is 0.533 e. The average molecular weight is 1040 g/mol. The fourth-order valence-electron chi connectivity index (χ4n) is 10.2. The first-order valence-corrected chi connectivity index (χ1v) is 25.2. The molecule has 0 bridgehead atoms. The van der Waals surface area contributed by atoms with Crippen molar-refractivity contribution in [3.63, 3.8) is 0 Å². The van der Waals surface area contributed by atoms with E-state index in [1.165, 1.54) is 22.3 Å². The Hall–Kier alpha value is -6.29. The molecule has 8 N–H and O–H groups in total. The summed E-state index contributed by atoms with van der Waals surface area (Å²) < 4.78 is 21.9. The molecule has 4 unspecified atom stereocenters. The van der Waals surface area contributed by atoms with Crippen molar-refractivity contribution in [3.8, 4) is 22.3 Å². The van der Waals surface area contributed by atoms with Crippen LogP contribution < -0.4 is 0 Å². The van der Waals surface area contributed by atoms with Crippen LogP contribution in [0.25, 0.3) is 32.7 Å². The predicted octanol–water partition coefficient (Wildman–Crippen LogP) is 5.41. The molecule has 75 heavy (non-hydrogen) atoms. The number of carbonyl (C=O) groups is 4. The van der Waals surface area contributed by atoms with Crippen LogP contribution >= 0.6 is 0 Å². The van der Waals surface area contributed by atoms with Crippen molar-refractivity contribution in [1.82, 2.24) is 5.06 Å². The molecule has 2 amide bonds. The zero-order valence-electron chi connectivity index (χ0n) is 42.0. The van der Waals surface area contributed by atoms with Gasteiger partial charge in [-0.2, -0.15) is 0 Å². The van der Waals surface area contributed by atoms with Crippen molar-refractivity contribution in [2.75, 3.05) is 33.0 Å². The van der Waals surface area contributed by atoms with E-state index < -0.39 is 66.8 Å². The first-order valence-electron chi connectivity index (χ1n) is 25.2. The first kappa shape index (κ1) is 58.0. The van der Waals surface area contributed by atoms with Crippen LogP contribution in [0.3, 0.4) is 0 Å². The summed E-state index contributed by atoms with van der Waals surface area (Å²) >= 11 is 0. The number of azide groups is 1. The lowest BCUT2D eigenvalue weighted by Gasteiger charge is -2.38. The van der Waals surface area contributed by atoms with Crippen molar-refractivity contribution < 1.29 is 79.1 Å². The maximum absolute atomic E-state index is 12.3. The normalized spacial score (nSPS) is 25.4. The van der Waals surface area contributed by atoms with Gasteiger partial charge in [-0.15, -0.1) is 0 Å². The Labute approximate surface area is 434 Å². The zero-order valence-corrected chi connectivity index (χ0v) is 42.0. The lowest BCUT2D eigenvalue weighted by Crippen LogP contribution is -2.53. The molecule has 0 spiro atoms. The van der Waals surface area contributed by atoms with Crippen molar-refractivity contribution in [1.29, 1.82) is 0 Å². The van der Waals surface area contributed by atoms with Gasteiger partial charge < -0.3 is 55.1 Å². The van der Waals surface area contributed by atoms with Gasteiger partial charge in [-0.25, -0.2) is 4.79 Å². The van der Waals surface area contributed by atoms with Crippen molar-refractivity contribution in [2.45, 2.75) is 126 Å². The topological polar surface area (TPSA) is 319 Å². The Morgan fingerprint density at radius 1 is 0.587 bits per heavy atom. The summed E-state index contributed by atoms with van der Waals surface area (Å²) in [7, 11) is 0.